The highest BCUT2D eigenvalue weighted by atomic mass is 16.5. The van der Waals surface area contributed by atoms with Crippen LogP contribution in [0.1, 0.15) is 31.4 Å². The highest BCUT2D eigenvalue weighted by Gasteiger charge is 2.20. The van der Waals surface area contributed by atoms with E-state index in [9.17, 15) is 5.11 Å². The highest BCUT2D eigenvalue weighted by Crippen LogP contribution is 2.30. The molecular formula is C13H21NO3. The molecule has 2 atom stereocenters. The molecule has 0 bridgehead atoms. The summed E-state index contributed by atoms with van der Waals surface area (Å²) in [6, 6.07) is 4.95. The maximum Gasteiger partial charge on any atom is 0.123 e. The zero-order valence-corrected chi connectivity index (χ0v) is 10.6. The number of benzene rings is 1. The molecule has 0 radical (unpaired) electrons. The Morgan fingerprint density at radius 2 is 2.00 bits per heavy atom. The maximum atomic E-state index is 9.93. The predicted molar refractivity (Wildman–Crippen MR) is 67.4 cm³/mol. The van der Waals surface area contributed by atoms with Gasteiger partial charge in [0.25, 0.3) is 0 Å². The second-order valence-corrected chi connectivity index (χ2v) is 3.99. The van der Waals surface area contributed by atoms with Crippen molar-refractivity contribution in [1.82, 2.24) is 0 Å². The molecule has 0 heterocycles. The number of methoxy groups -OCH3 is 2. The number of hydrogen-bond acceptors (Lipinski definition) is 4. The van der Waals surface area contributed by atoms with Gasteiger partial charge in [-0.3, -0.25) is 0 Å². The Bertz CT molecular complexity index is 355. The van der Waals surface area contributed by atoms with E-state index in [1.807, 2.05) is 13.0 Å². The Hall–Kier alpha value is -1.26. The average molecular weight is 239 g/mol. The van der Waals surface area contributed by atoms with Crippen molar-refractivity contribution in [3.63, 3.8) is 0 Å². The van der Waals surface area contributed by atoms with Gasteiger partial charge in [0.05, 0.1) is 26.4 Å². The fraction of sp³-hybridized carbons (Fsp3) is 0.538. The Morgan fingerprint density at radius 1 is 1.29 bits per heavy atom. The smallest absolute Gasteiger partial charge is 0.123 e. The van der Waals surface area contributed by atoms with Gasteiger partial charge >= 0.3 is 0 Å². The van der Waals surface area contributed by atoms with E-state index in [-0.39, 0.29) is 0 Å². The minimum atomic E-state index is -0.569. The SMILES string of the molecule is CCC[C@@H](O)[C@@H](N)c1cc(OC)ccc1OC. The quantitative estimate of drug-likeness (QED) is 0.795. The molecule has 17 heavy (non-hydrogen) atoms. The standard InChI is InChI=1S/C13H21NO3/c1-4-5-11(15)13(14)10-8-9(16-2)6-7-12(10)17-3/h6-8,11,13,15H,4-5,14H2,1-3H3/t11-,13+/m1/s1. The molecule has 0 amide bonds. The molecule has 96 valence electrons. The maximum absolute atomic E-state index is 9.93. The molecule has 0 aliphatic rings. The molecule has 4 heteroatoms. The summed E-state index contributed by atoms with van der Waals surface area (Å²) in [4.78, 5) is 0. The van der Waals surface area contributed by atoms with Gasteiger partial charge in [0, 0.05) is 5.56 Å². The minimum Gasteiger partial charge on any atom is -0.497 e. The number of hydrogen-bond donors (Lipinski definition) is 2. The molecule has 0 saturated carbocycles. The van der Waals surface area contributed by atoms with Crippen LogP contribution in [0.5, 0.6) is 11.5 Å². The van der Waals surface area contributed by atoms with Crippen LogP contribution in [0.3, 0.4) is 0 Å². The number of rotatable bonds is 6. The molecule has 1 rings (SSSR count). The van der Waals surface area contributed by atoms with Crippen molar-refractivity contribution in [1.29, 1.82) is 0 Å². The minimum absolute atomic E-state index is 0.458. The Kier molecular flexibility index (Phi) is 5.25. The molecular weight excluding hydrogens is 218 g/mol. The second kappa shape index (κ2) is 6.47. The van der Waals surface area contributed by atoms with Gasteiger partial charge in [-0.25, -0.2) is 0 Å². The molecule has 4 nitrogen and oxygen atoms in total. The molecule has 1 aromatic carbocycles. The van der Waals surface area contributed by atoms with E-state index in [4.69, 9.17) is 15.2 Å². The number of aliphatic hydroxyl groups is 1. The van der Waals surface area contributed by atoms with Crippen LogP contribution in [-0.4, -0.2) is 25.4 Å². The van der Waals surface area contributed by atoms with Gasteiger partial charge in [-0.1, -0.05) is 13.3 Å². The van der Waals surface area contributed by atoms with Crippen LogP contribution in [0.15, 0.2) is 18.2 Å². The number of aliphatic hydroxyl groups excluding tert-OH is 1. The monoisotopic (exact) mass is 239 g/mol. The van der Waals surface area contributed by atoms with E-state index >= 15 is 0 Å². The Labute approximate surface area is 102 Å². The molecule has 0 spiro atoms. The van der Waals surface area contributed by atoms with Gasteiger partial charge in [-0.05, 0) is 24.6 Å². The molecule has 3 N–H and O–H groups in total. The molecule has 0 aliphatic heterocycles. The van der Waals surface area contributed by atoms with E-state index in [0.29, 0.717) is 17.9 Å². The first-order valence-electron chi connectivity index (χ1n) is 5.79. The van der Waals surface area contributed by atoms with Crippen LogP contribution in [0.4, 0.5) is 0 Å². The lowest BCUT2D eigenvalue weighted by Gasteiger charge is -2.21. The highest BCUT2D eigenvalue weighted by molar-refractivity contribution is 5.42. The molecule has 1 aromatic rings. The van der Waals surface area contributed by atoms with E-state index in [0.717, 1.165) is 12.0 Å². The lowest BCUT2D eigenvalue weighted by atomic mass is 9.98. The van der Waals surface area contributed by atoms with Gasteiger partial charge < -0.3 is 20.3 Å². The summed E-state index contributed by atoms with van der Waals surface area (Å²) < 4.78 is 10.4. The van der Waals surface area contributed by atoms with Crippen LogP contribution in [0, 0.1) is 0 Å². The van der Waals surface area contributed by atoms with Gasteiger partial charge in [0.1, 0.15) is 11.5 Å². The average Bonchev–Trinajstić information content (AvgIpc) is 2.37. The second-order valence-electron chi connectivity index (χ2n) is 3.99. The van der Waals surface area contributed by atoms with Gasteiger partial charge in [0.2, 0.25) is 0 Å². The van der Waals surface area contributed by atoms with Crippen LogP contribution in [-0.2, 0) is 0 Å². The molecule has 0 aliphatic carbocycles. The van der Waals surface area contributed by atoms with Crippen LogP contribution >= 0.6 is 0 Å². The summed E-state index contributed by atoms with van der Waals surface area (Å²) in [5.74, 6) is 1.38. The molecule has 0 aromatic heterocycles. The zero-order valence-electron chi connectivity index (χ0n) is 10.6. The topological polar surface area (TPSA) is 64.7 Å². The normalized spacial score (nSPS) is 14.2. The fourth-order valence-corrected chi connectivity index (χ4v) is 1.78. The Balaban J connectivity index is 3.00. The van der Waals surface area contributed by atoms with E-state index in [1.165, 1.54) is 0 Å². The summed E-state index contributed by atoms with van der Waals surface area (Å²) in [5, 5.41) is 9.93. The third kappa shape index (κ3) is 3.35. The van der Waals surface area contributed by atoms with Crippen LogP contribution in [0.2, 0.25) is 0 Å². The van der Waals surface area contributed by atoms with Gasteiger partial charge in [0.15, 0.2) is 0 Å². The first kappa shape index (κ1) is 13.8. The number of nitrogens with two attached hydrogens (primary N) is 1. The van der Waals surface area contributed by atoms with Crippen LogP contribution in [0.25, 0.3) is 0 Å². The first-order valence-corrected chi connectivity index (χ1v) is 5.79. The number of ether oxygens (including phenoxy) is 2. The van der Waals surface area contributed by atoms with Crippen molar-refractivity contribution in [2.75, 3.05) is 14.2 Å². The fourth-order valence-electron chi connectivity index (χ4n) is 1.78. The van der Waals surface area contributed by atoms with Crippen molar-refractivity contribution in [3.05, 3.63) is 23.8 Å². The Morgan fingerprint density at radius 3 is 2.53 bits per heavy atom. The summed E-state index contributed by atoms with van der Waals surface area (Å²) in [6.45, 7) is 2.01. The van der Waals surface area contributed by atoms with Crippen molar-refractivity contribution in [2.45, 2.75) is 31.9 Å². The van der Waals surface area contributed by atoms with Crippen molar-refractivity contribution in [3.8, 4) is 11.5 Å². The van der Waals surface area contributed by atoms with Crippen molar-refractivity contribution >= 4 is 0 Å². The van der Waals surface area contributed by atoms with Crippen molar-refractivity contribution in [2.24, 2.45) is 5.73 Å². The molecule has 0 unspecified atom stereocenters. The van der Waals surface area contributed by atoms with E-state index in [1.54, 1.807) is 26.4 Å². The predicted octanol–water partition coefficient (Wildman–Crippen LogP) is 1.86. The molecule has 0 saturated heterocycles. The lowest BCUT2D eigenvalue weighted by Crippen LogP contribution is -2.26. The van der Waals surface area contributed by atoms with E-state index < -0.39 is 12.1 Å². The van der Waals surface area contributed by atoms with Gasteiger partial charge in [-0.15, -0.1) is 0 Å². The summed E-state index contributed by atoms with van der Waals surface area (Å²) in [7, 11) is 3.18. The first-order chi connectivity index (χ1) is 8.13. The molecule has 0 fully saturated rings. The lowest BCUT2D eigenvalue weighted by molar-refractivity contribution is 0.133. The third-order valence-corrected chi connectivity index (χ3v) is 2.79. The summed E-state index contributed by atoms with van der Waals surface area (Å²) in [5.41, 5.74) is 6.81. The van der Waals surface area contributed by atoms with Crippen molar-refractivity contribution < 1.29 is 14.6 Å². The van der Waals surface area contributed by atoms with E-state index in [2.05, 4.69) is 0 Å². The summed E-state index contributed by atoms with van der Waals surface area (Å²) in [6.07, 6.45) is 0.990. The zero-order chi connectivity index (χ0) is 12.8. The third-order valence-electron chi connectivity index (χ3n) is 2.79. The summed E-state index contributed by atoms with van der Waals surface area (Å²) >= 11 is 0. The van der Waals surface area contributed by atoms with Gasteiger partial charge in [-0.2, -0.15) is 0 Å². The van der Waals surface area contributed by atoms with Crippen LogP contribution < -0.4 is 15.2 Å². The largest absolute Gasteiger partial charge is 0.497 e.